The fourth-order valence-electron chi connectivity index (χ4n) is 1.39. The van der Waals surface area contributed by atoms with E-state index in [1.165, 1.54) is 0 Å². The van der Waals surface area contributed by atoms with Crippen molar-refractivity contribution in [1.82, 2.24) is 0 Å². The van der Waals surface area contributed by atoms with Gasteiger partial charge in [-0.3, -0.25) is 20.2 Å². The van der Waals surface area contributed by atoms with Crippen molar-refractivity contribution in [2.24, 2.45) is 0 Å². The Hall–Kier alpha value is -2.71. The van der Waals surface area contributed by atoms with Gasteiger partial charge in [0.15, 0.2) is 0 Å². The molecular formula is C11H12N2O7. The number of nitro groups is 2. The van der Waals surface area contributed by atoms with Crippen molar-refractivity contribution < 1.29 is 24.5 Å². The zero-order chi connectivity index (χ0) is 15.3. The second-order valence-corrected chi connectivity index (χ2v) is 3.87. The SMILES string of the molecule is CCCCOC(=O)c1cc([N+](=O)[O-])c(O)c([N+](=O)[O-])c1. The summed E-state index contributed by atoms with van der Waals surface area (Å²) in [5.41, 5.74) is -2.18. The largest absolute Gasteiger partial charge is 0.497 e. The Bertz CT molecular complexity index is 521. The highest BCUT2D eigenvalue weighted by molar-refractivity contribution is 5.92. The fraction of sp³-hybridized carbons (Fsp3) is 0.364. The average molecular weight is 284 g/mol. The van der Waals surface area contributed by atoms with Crippen molar-refractivity contribution in [3.63, 3.8) is 0 Å². The summed E-state index contributed by atoms with van der Waals surface area (Å²) >= 11 is 0. The summed E-state index contributed by atoms with van der Waals surface area (Å²) < 4.78 is 4.81. The van der Waals surface area contributed by atoms with Crippen LogP contribution in [0.5, 0.6) is 5.75 Å². The molecular weight excluding hydrogens is 272 g/mol. The molecule has 9 nitrogen and oxygen atoms in total. The van der Waals surface area contributed by atoms with Crippen molar-refractivity contribution in [2.45, 2.75) is 19.8 Å². The minimum Gasteiger partial charge on any atom is -0.497 e. The summed E-state index contributed by atoms with van der Waals surface area (Å²) in [6.45, 7) is 1.99. The number of benzene rings is 1. The van der Waals surface area contributed by atoms with Gasteiger partial charge in [-0.05, 0) is 6.42 Å². The smallest absolute Gasteiger partial charge is 0.338 e. The first-order valence-electron chi connectivity index (χ1n) is 5.71. The van der Waals surface area contributed by atoms with Gasteiger partial charge in [-0.2, -0.15) is 0 Å². The normalized spacial score (nSPS) is 10.1. The maximum atomic E-state index is 11.6. The van der Waals surface area contributed by atoms with Crippen LogP contribution >= 0.6 is 0 Å². The average Bonchev–Trinajstić information content (AvgIpc) is 2.38. The van der Waals surface area contributed by atoms with Crippen LogP contribution in [-0.2, 0) is 4.74 Å². The lowest BCUT2D eigenvalue weighted by molar-refractivity contribution is -0.396. The number of nitrogens with zero attached hydrogens (tertiary/aromatic N) is 2. The molecule has 1 aromatic rings. The Balaban J connectivity index is 3.17. The van der Waals surface area contributed by atoms with Gasteiger partial charge in [0.1, 0.15) is 0 Å². The molecule has 20 heavy (non-hydrogen) atoms. The van der Waals surface area contributed by atoms with E-state index in [-0.39, 0.29) is 12.2 Å². The summed E-state index contributed by atoms with van der Waals surface area (Å²) in [6.07, 6.45) is 1.39. The first-order chi connectivity index (χ1) is 9.38. The number of unbranched alkanes of at least 4 members (excludes halogenated alkanes) is 1. The van der Waals surface area contributed by atoms with Crippen molar-refractivity contribution in [3.8, 4) is 5.75 Å². The minimum atomic E-state index is -1.09. The fourth-order valence-corrected chi connectivity index (χ4v) is 1.39. The summed E-state index contributed by atoms with van der Waals surface area (Å²) in [5.74, 6) is -2.00. The highest BCUT2D eigenvalue weighted by Gasteiger charge is 2.28. The Kier molecular flexibility index (Phi) is 4.95. The molecule has 1 aromatic carbocycles. The molecule has 0 heterocycles. The number of esters is 1. The van der Waals surface area contributed by atoms with Gasteiger partial charge >= 0.3 is 17.3 Å². The Morgan fingerprint density at radius 3 is 2.15 bits per heavy atom. The topological polar surface area (TPSA) is 133 Å². The van der Waals surface area contributed by atoms with Gasteiger partial charge < -0.3 is 9.84 Å². The number of hydrogen-bond acceptors (Lipinski definition) is 7. The van der Waals surface area contributed by atoms with Crippen LogP contribution < -0.4 is 0 Å². The van der Waals surface area contributed by atoms with Gasteiger partial charge in [0.25, 0.3) is 5.75 Å². The van der Waals surface area contributed by atoms with Gasteiger partial charge in [0, 0.05) is 12.1 Å². The molecule has 0 aliphatic rings. The highest BCUT2D eigenvalue weighted by atomic mass is 16.6. The van der Waals surface area contributed by atoms with E-state index in [1.54, 1.807) is 0 Å². The van der Waals surface area contributed by atoms with Gasteiger partial charge in [-0.25, -0.2) is 4.79 Å². The number of carbonyl (C=O) groups is 1. The molecule has 0 amide bonds. The van der Waals surface area contributed by atoms with Crippen LogP contribution in [-0.4, -0.2) is 27.5 Å². The van der Waals surface area contributed by atoms with Crippen molar-refractivity contribution in [2.75, 3.05) is 6.61 Å². The van der Waals surface area contributed by atoms with E-state index < -0.39 is 32.9 Å². The summed E-state index contributed by atoms with van der Waals surface area (Å²) in [7, 11) is 0. The number of aromatic hydroxyl groups is 1. The molecule has 0 unspecified atom stereocenters. The molecule has 9 heteroatoms. The molecule has 1 N–H and O–H groups in total. The third-order valence-electron chi connectivity index (χ3n) is 2.43. The number of hydrogen-bond donors (Lipinski definition) is 1. The van der Waals surface area contributed by atoms with Crippen LogP contribution in [0.2, 0.25) is 0 Å². The van der Waals surface area contributed by atoms with Crippen molar-refractivity contribution >= 4 is 17.3 Å². The Morgan fingerprint density at radius 1 is 1.25 bits per heavy atom. The summed E-state index contributed by atoms with van der Waals surface area (Å²) in [4.78, 5) is 31.0. The van der Waals surface area contributed by atoms with E-state index in [2.05, 4.69) is 0 Å². The van der Waals surface area contributed by atoms with Crippen molar-refractivity contribution in [3.05, 3.63) is 37.9 Å². The van der Waals surface area contributed by atoms with Gasteiger partial charge in [0.05, 0.1) is 22.0 Å². The molecule has 0 saturated heterocycles. The Morgan fingerprint density at radius 2 is 1.75 bits per heavy atom. The zero-order valence-corrected chi connectivity index (χ0v) is 10.6. The molecule has 0 spiro atoms. The van der Waals surface area contributed by atoms with Crippen LogP contribution in [0, 0.1) is 20.2 Å². The van der Waals surface area contributed by atoms with E-state index in [0.717, 1.165) is 18.6 Å². The lowest BCUT2D eigenvalue weighted by Crippen LogP contribution is -2.08. The standard InChI is InChI=1S/C11H12N2O7/c1-2-3-4-20-11(15)7-5-8(12(16)17)10(14)9(6-7)13(18)19/h5-6,14H,2-4H2,1H3. The zero-order valence-electron chi connectivity index (χ0n) is 10.6. The van der Waals surface area contributed by atoms with E-state index in [9.17, 15) is 30.1 Å². The molecule has 0 atom stereocenters. The lowest BCUT2D eigenvalue weighted by Gasteiger charge is -2.05. The summed E-state index contributed by atoms with van der Waals surface area (Å²) in [5, 5.41) is 30.8. The number of phenols is 1. The number of ether oxygens (including phenoxy) is 1. The van der Waals surface area contributed by atoms with E-state index in [0.29, 0.717) is 6.42 Å². The minimum absolute atomic E-state index is 0.109. The third kappa shape index (κ3) is 3.40. The van der Waals surface area contributed by atoms with Gasteiger partial charge in [0.2, 0.25) is 0 Å². The molecule has 1 rings (SSSR count). The van der Waals surface area contributed by atoms with Crippen LogP contribution in [0.25, 0.3) is 0 Å². The molecule has 0 aliphatic heterocycles. The molecule has 0 aliphatic carbocycles. The maximum absolute atomic E-state index is 11.6. The number of rotatable bonds is 6. The highest BCUT2D eigenvalue weighted by Crippen LogP contribution is 2.36. The second kappa shape index (κ2) is 6.45. The predicted molar refractivity (Wildman–Crippen MR) is 66.6 cm³/mol. The maximum Gasteiger partial charge on any atom is 0.338 e. The molecule has 0 aromatic heterocycles. The van der Waals surface area contributed by atoms with E-state index in [4.69, 9.17) is 4.74 Å². The molecule has 0 bridgehead atoms. The Labute approximate surface area is 113 Å². The van der Waals surface area contributed by atoms with Gasteiger partial charge in [-0.15, -0.1) is 0 Å². The van der Waals surface area contributed by atoms with Gasteiger partial charge in [-0.1, -0.05) is 13.3 Å². The van der Waals surface area contributed by atoms with Crippen LogP contribution in [0.15, 0.2) is 12.1 Å². The van der Waals surface area contributed by atoms with Crippen molar-refractivity contribution in [1.29, 1.82) is 0 Å². The van der Waals surface area contributed by atoms with Crippen LogP contribution in [0.4, 0.5) is 11.4 Å². The number of carbonyl (C=O) groups excluding carboxylic acids is 1. The monoisotopic (exact) mass is 284 g/mol. The van der Waals surface area contributed by atoms with E-state index >= 15 is 0 Å². The lowest BCUT2D eigenvalue weighted by atomic mass is 10.1. The first kappa shape index (κ1) is 15.3. The quantitative estimate of drug-likeness (QED) is 0.366. The number of nitro benzene ring substituents is 2. The molecule has 108 valence electrons. The molecule has 0 saturated carbocycles. The second-order valence-electron chi connectivity index (χ2n) is 3.87. The number of phenolic OH excluding ortho intramolecular Hbond substituents is 1. The van der Waals surface area contributed by atoms with Crippen LogP contribution in [0.1, 0.15) is 30.1 Å². The molecule has 0 radical (unpaired) electrons. The molecule has 0 fully saturated rings. The van der Waals surface area contributed by atoms with Crippen LogP contribution in [0.3, 0.4) is 0 Å². The third-order valence-corrected chi connectivity index (χ3v) is 2.43. The van der Waals surface area contributed by atoms with E-state index in [1.807, 2.05) is 6.92 Å². The summed E-state index contributed by atoms with van der Waals surface area (Å²) in [6, 6.07) is 1.49. The predicted octanol–water partition coefficient (Wildman–Crippen LogP) is 2.17. The first-order valence-corrected chi connectivity index (χ1v) is 5.71.